The van der Waals surface area contributed by atoms with Crippen molar-refractivity contribution in [3.05, 3.63) is 41.5 Å². The summed E-state index contributed by atoms with van der Waals surface area (Å²) < 4.78 is 5.64. The van der Waals surface area contributed by atoms with Gasteiger partial charge in [-0.15, -0.1) is 0 Å². The van der Waals surface area contributed by atoms with Crippen LogP contribution in [0.2, 0.25) is 0 Å². The summed E-state index contributed by atoms with van der Waals surface area (Å²) in [6, 6.07) is 10.4. The predicted molar refractivity (Wildman–Crippen MR) is 107 cm³/mol. The Labute approximate surface area is 155 Å². The van der Waals surface area contributed by atoms with Gasteiger partial charge in [0.05, 0.1) is 6.21 Å². The van der Waals surface area contributed by atoms with Gasteiger partial charge in [0.15, 0.2) is 5.82 Å². The molecule has 0 aliphatic heterocycles. The fourth-order valence-corrected chi connectivity index (χ4v) is 2.41. The molecule has 0 amide bonds. The number of likely N-dealkylation sites (N-methyl/N-ethyl adjacent to an activating group) is 1. The highest BCUT2D eigenvalue weighted by molar-refractivity contribution is 5.80. The third-order valence-electron chi connectivity index (χ3n) is 3.80. The first-order valence-corrected chi connectivity index (χ1v) is 8.93. The highest BCUT2D eigenvalue weighted by Gasteiger charge is 2.10. The van der Waals surface area contributed by atoms with E-state index in [-0.39, 0.29) is 0 Å². The molecule has 1 aromatic heterocycles. The van der Waals surface area contributed by atoms with Crippen molar-refractivity contribution in [2.45, 2.75) is 20.8 Å². The Kier molecular flexibility index (Phi) is 7.82. The Morgan fingerprint density at radius 2 is 2.00 bits per heavy atom. The molecule has 0 bridgehead atoms. The van der Waals surface area contributed by atoms with Gasteiger partial charge in [0.1, 0.15) is 12.4 Å². The number of aromatic nitrogens is 2. The summed E-state index contributed by atoms with van der Waals surface area (Å²) in [7, 11) is 1.88. The smallest absolute Gasteiger partial charge is 0.320 e. The largest absolute Gasteiger partial charge is 0.462 e. The second-order valence-corrected chi connectivity index (χ2v) is 5.80. The molecule has 7 heteroatoms. The predicted octanol–water partition coefficient (Wildman–Crippen LogP) is 2.68. The molecule has 0 unspecified atom stereocenters. The van der Waals surface area contributed by atoms with Gasteiger partial charge in [0, 0.05) is 25.7 Å². The maximum absolute atomic E-state index is 5.64. The highest BCUT2D eigenvalue weighted by atomic mass is 16.5. The molecule has 0 saturated carbocycles. The lowest BCUT2D eigenvalue weighted by Crippen LogP contribution is -2.24. The molecule has 140 valence electrons. The number of hydrogen-bond donors (Lipinski definition) is 2. The summed E-state index contributed by atoms with van der Waals surface area (Å²) in [5.74, 6) is 1.42. The van der Waals surface area contributed by atoms with Crippen LogP contribution in [0.1, 0.15) is 25.0 Å². The van der Waals surface area contributed by atoms with E-state index >= 15 is 0 Å². The normalized spacial score (nSPS) is 10.9. The van der Waals surface area contributed by atoms with Crippen LogP contribution in [0.5, 0.6) is 6.01 Å². The van der Waals surface area contributed by atoms with E-state index < -0.39 is 0 Å². The zero-order valence-electron chi connectivity index (χ0n) is 16.0. The molecule has 26 heavy (non-hydrogen) atoms. The van der Waals surface area contributed by atoms with E-state index in [0.717, 1.165) is 31.0 Å². The van der Waals surface area contributed by atoms with Gasteiger partial charge in [-0.05, 0) is 33.4 Å². The number of nitrogens with zero attached hydrogens (tertiary/aromatic N) is 4. The summed E-state index contributed by atoms with van der Waals surface area (Å²) in [4.78, 5) is 11.0. The molecule has 2 N–H and O–H groups in total. The molecule has 0 radical (unpaired) electrons. The molecule has 0 aliphatic carbocycles. The lowest BCUT2D eigenvalue weighted by Gasteiger charge is -2.20. The summed E-state index contributed by atoms with van der Waals surface area (Å²) in [5, 5.41) is 7.33. The van der Waals surface area contributed by atoms with Crippen molar-refractivity contribution >= 4 is 17.9 Å². The molecule has 0 spiro atoms. The third-order valence-corrected chi connectivity index (χ3v) is 3.80. The first-order valence-electron chi connectivity index (χ1n) is 8.93. The fraction of sp³-hybridized carbons (Fsp3) is 0.421. The minimum atomic E-state index is 0.345. The maximum atomic E-state index is 5.64. The van der Waals surface area contributed by atoms with Crippen LogP contribution in [-0.2, 0) is 0 Å². The quantitative estimate of drug-likeness (QED) is 0.387. The minimum absolute atomic E-state index is 0.345. The molecule has 0 fully saturated rings. The average molecular weight is 356 g/mol. The van der Waals surface area contributed by atoms with Crippen LogP contribution in [0.25, 0.3) is 0 Å². The monoisotopic (exact) mass is 356 g/mol. The highest BCUT2D eigenvalue weighted by Crippen LogP contribution is 2.19. The molecule has 7 nitrogen and oxygen atoms in total. The van der Waals surface area contributed by atoms with E-state index in [1.165, 1.54) is 5.56 Å². The van der Waals surface area contributed by atoms with Crippen molar-refractivity contribution < 1.29 is 4.74 Å². The van der Waals surface area contributed by atoms with Gasteiger partial charge in [0.2, 0.25) is 0 Å². The molecule has 2 aromatic rings. The maximum Gasteiger partial charge on any atom is 0.320 e. The number of nitrogens with one attached hydrogen (secondary N) is 2. The molecule has 1 heterocycles. The summed E-state index contributed by atoms with van der Waals surface area (Å²) in [6.45, 7) is 9.19. The van der Waals surface area contributed by atoms with Crippen molar-refractivity contribution in [3.8, 4) is 6.01 Å². The van der Waals surface area contributed by atoms with Crippen LogP contribution in [0.15, 0.2) is 35.4 Å². The van der Waals surface area contributed by atoms with E-state index in [1.807, 2.05) is 25.2 Å². The number of hydrogen-bond acceptors (Lipinski definition) is 7. The van der Waals surface area contributed by atoms with Gasteiger partial charge in [0.25, 0.3) is 0 Å². The van der Waals surface area contributed by atoms with E-state index in [9.17, 15) is 0 Å². The van der Waals surface area contributed by atoms with Crippen LogP contribution in [0.4, 0.5) is 11.6 Å². The Balaban J connectivity index is 2.16. The Bertz CT molecular complexity index is 715. The number of hydrazone groups is 1. The van der Waals surface area contributed by atoms with Crippen LogP contribution in [-0.4, -0.2) is 49.5 Å². The van der Waals surface area contributed by atoms with Crippen molar-refractivity contribution in [2.75, 3.05) is 43.6 Å². The summed E-state index contributed by atoms with van der Waals surface area (Å²) in [5.41, 5.74) is 5.21. The van der Waals surface area contributed by atoms with Crippen molar-refractivity contribution in [2.24, 2.45) is 5.10 Å². The zero-order valence-corrected chi connectivity index (χ0v) is 16.0. The first kappa shape index (κ1) is 19.7. The van der Waals surface area contributed by atoms with Crippen molar-refractivity contribution in [3.63, 3.8) is 0 Å². The molecule has 0 saturated heterocycles. The van der Waals surface area contributed by atoms with E-state index in [0.29, 0.717) is 18.4 Å². The topological polar surface area (TPSA) is 74.7 Å². The molecule has 2 rings (SSSR count). The van der Waals surface area contributed by atoms with Gasteiger partial charge in [-0.1, -0.05) is 29.8 Å². The number of aryl methyl sites for hydroxylation is 1. The van der Waals surface area contributed by atoms with Gasteiger partial charge in [-0.25, -0.2) is 0 Å². The van der Waals surface area contributed by atoms with Crippen LogP contribution < -0.4 is 20.4 Å². The molecular formula is C19H28N6O. The van der Waals surface area contributed by atoms with Gasteiger partial charge < -0.3 is 15.0 Å². The first-order chi connectivity index (χ1) is 12.7. The average Bonchev–Trinajstić information content (AvgIpc) is 2.63. The van der Waals surface area contributed by atoms with Gasteiger partial charge >= 0.3 is 6.01 Å². The standard InChI is InChI=1S/C19H28N6O/c1-5-25(6-2)18-13-17(22-19(23-18)26-11-10-20-4)24-21-14-16-9-7-8-15(3)12-16/h7-9,12-14,20H,5-6,10-11H2,1-4H3,(H,22,23,24)/b21-14+. The van der Waals surface area contributed by atoms with E-state index in [1.54, 1.807) is 6.21 Å². The van der Waals surface area contributed by atoms with E-state index in [4.69, 9.17) is 4.74 Å². The summed E-state index contributed by atoms with van der Waals surface area (Å²) >= 11 is 0. The third kappa shape index (κ3) is 6.00. The number of benzene rings is 1. The number of rotatable bonds is 10. The number of anilines is 2. The van der Waals surface area contributed by atoms with Crippen LogP contribution >= 0.6 is 0 Å². The van der Waals surface area contributed by atoms with Crippen molar-refractivity contribution in [1.29, 1.82) is 0 Å². The Morgan fingerprint density at radius 1 is 1.19 bits per heavy atom. The second kappa shape index (κ2) is 10.4. The molecular weight excluding hydrogens is 328 g/mol. The number of ether oxygens (including phenoxy) is 1. The lowest BCUT2D eigenvalue weighted by atomic mass is 10.2. The van der Waals surface area contributed by atoms with Crippen LogP contribution in [0.3, 0.4) is 0 Å². The van der Waals surface area contributed by atoms with E-state index in [2.05, 4.69) is 63.6 Å². The fourth-order valence-electron chi connectivity index (χ4n) is 2.41. The zero-order chi connectivity index (χ0) is 18.8. The second-order valence-electron chi connectivity index (χ2n) is 5.80. The van der Waals surface area contributed by atoms with Crippen LogP contribution in [0, 0.1) is 6.92 Å². The molecule has 0 atom stereocenters. The van der Waals surface area contributed by atoms with Gasteiger partial charge in [-0.2, -0.15) is 15.1 Å². The molecule has 0 aliphatic rings. The SMILES string of the molecule is CCN(CC)c1cc(N/N=C/c2cccc(C)c2)nc(OCCNC)n1. The lowest BCUT2D eigenvalue weighted by molar-refractivity contribution is 0.294. The summed E-state index contributed by atoms with van der Waals surface area (Å²) in [6.07, 6.45) is 1.77. The van der Waals surface area contributed by atoms with Crippen molar-refractivity contribution in [1.82, 2.24) is 15.3 Å². The Morgan fingerprint density at radius 3 is 2.69 bits per heavy atom. The Hall–Kier alpha value is -2.67. The van der Waals surface area contributed by atoms with Gasteiger partial charge in [-0.3, -0.25) is 5.43 Å². The molecule has 1 aromatic carbocycles. The minimum Gasteiger partial charge on any atom is -0.462 e.